The van der Waals surface area contributed by atoms with Crippen LogP contribution in [0.4, 0.5) is 11.4 Å². The van der Waals surface area contributed by atoms with Gasteiger partial charge in [0.2, 0.25) is 0 Å². The van der Waals surface area contributed by atoms with Crippen LogP contribution in [0.5, 0.6) is 17.2 Å². The monoisotopic (exact) mass is 440 g/mol. The summed E-state index contributed by atoms with van der Waals surface area (Å²) in [6.45, 7) is 0.879. The summed E-state index contributed by atoms with van der Waals surface area (Å²) in [5, 5.41) is 2.71. The largest absolute Gasteiger partial charge is 0.497 e. The summed E-state index contributed by atoms with van der Waals surface area (Å²) in [4.78, 5) is 12.6. The third kappa shape index (κ3) is 4.72. The van der Waals surface area contributed by atoms with Gasteiger partial charge in [0.25, 0.3) is 15.9 Å². The van der Waals surface area contributed by atoms with Crippen molar-refractivity contribution in [2.75, 3.05) is 30.4 Å². The van der Waals surface area contributed by atoms with Gasteiger partial charge in [-0.05, 0) is 60.7 Å². The molecular formula is C22H20N2O6S. The number of nitrogens with one attached hydrogen (secondary N) is 2. The van der Waals surface area contributed by atoms with E-state index in [0.717, 1.165) is 0 Å². The molecule has 0 aromatic heterocycles. The third-order valence-electron chi connectivity index (χ3n) is 4.55. The highest BCUT2D eigenvalue weighted by Crippen LogP contribution is 2.31. The smallest absolute Gasteiger partial charge is 0.261 e. The second-order valence-electron chi connectivity index (χ2n) is 6.67. The highest BCUT2D eigenvalue weighted by molar-refractivity contribution is 7.92. The quantitative estimate of drug-likeness (QED) is 0.608. The maximum Gasteiger partial charge on any atom is 0.261 e. The Balaban J connectivity index is 1.50. The SMILES string of the molecule is COc1ccc(NS(=O)(=O)c2cccc(NC(=O)c3ccc4c(c3)OCCO4)c2)cc1. The Kier molecular flexibility index (Phi) is 5.68. The van der Waals surface area contributed by atoms with Gasteiger partial charge < -0.3 is 19.5 Å². The molecule has 0 saturated carbocycles. The fourth-order valence-electron chi connectivity index (χ4n) is 3.00. The van der Waals surface area contributed by atoms with E-state index in [2.05, 4.69) is 10.0 Å². The molecular weight excluding hydrogens is 420 g/mol. The maximum atomic E-state index is 12.7. The van der Waals surface area contributed by atoms with Gasteiger partial charge in [-0.25, -0.2) is 8.42 Å². The summed E-state index contributed by atoms with van der Waals surface area (Å²) >= 11 is 0. The van der Waals surface area contributed by atoms with E-state index in [1.54, 1.807) is 54.6 Å². The number of benzene rings is 3. The zero-order valence-electron chi connectivity index (χ0n) is 16.6. The molecule has 4 rings (SSSR count). The van der Waals surface area contributed by atoms with Crippen LogP contribution in [-0.4, -0.2) is 34.6 Å². The minimum absolute atomic E-state index is 0.0169. The van der Waals surface area contributed by atoms with Crippen LogP contribution in [0.2, 0.25) is 0 Å². The van der Waals surface area contributed by atoms with Gasteiger partial charge in [0.05, 0.1) is 12.0 Å². The van der Waals surface area contributed by atoms with Crippen LogP contribution in [0.15, 0.2) is 71.6 Å². The second kappa shape index (κ2) is 8.57. The zero-order chi connectivity index (χ0) is 21.8. The van der Waals surface area contributed by atoms with Crippen LogP contribution in [0.3, 0.4) is 0 Å². The molecule has 1 aliphatic heterocycles. The number of carbonyl (C=O) groups excluding carboxylic acids is 1. The Morgan fingerprint density at radius 2 is 1.65 bits per heavy atom. The molecule has 3 aromatic rings. The van der Waals surface area contributed by atoms with Crippen LogP contribution < -0.4 is 24.2 Å². The first kappa shape index (κ1) is 20.5. The lowest BCUT2D eigenvalue weighted by atomic mass is 10.1. The van der Waals surface area contributed by atoms with Gasteiger partial charge in [-0.1, -0.05) is 6.07 Å². The lowest BCUT2D eigenvalue weighted by molar-refractivity contribution is 0.102. The number of fused-ring (bicyclic) bond motifs is 1. The van der Waals surface area contributed by atoms with Gasteiger partial charge in [0, 0.05) is 16.9 Å². The first-order valence-corrected chi connectivity index (χ1v) is 10.9. The summed E-state index contributed by atoms with van der Waals surface area (Å²) in [6, 6.07) is 17.4. The first-order chi connectivity index (χ1) is 14.9. The molecule has 1 heterocycles. The summed E-state index contributed by atoms with van der Waals surface area (Å²) in [6.07, 6.45) is 0. The molecule has 0 unspecified atom stereocenters. The molecule has 0 fully saturated rings. The molecule has 1 aliphatic rings. The average Bonchev–Trinajstić information content (AvgIpc) is 2.79. The molecule has 0 atom stereocenters. The highest BCUT2D eigenvalue weighted by atomic mass is 32.2. The zero-order valence-corrected chi connectivity index (χ0v) is 17.4. The average molecular weight is 440 g/mol. The van der Waals surface area contributed by atoms with Crippen LogP contribution in [0.1, 0.15) is 10.4 Å². The van der Waals surface area contributed by atoms with Crippen molar-refractivity contribution in [2.24, 2.45) is 0 Å². The molecule has 9 heteroatoms. The Morgan fingerprint density at radius 1 is 0.903 bits per heavy atom. The topological polar surface area (TPSA) is 103 Å². The number of rotatable bonds is 6. The van der Waals surface area contributed by atoms with E-state index in [1.807, 2.05) is 0 Å². The number of carbonyl (C=O) groups is 1. The van der Waals surface area contributed by atoms with Crippen molar-refractivity contribution in [3.05, 3.63) is 72.3 Å². The van der Waals surface area contributed by atoms with E-state index in [9.17, 15) is 13.2 Å². The number of sulfonamides is 1. The normalized spacial score (nSPS) is 12.7. The van der Waals surface area contributed by atoms with Crippen LogP contribution >= 0.6 is 0 Å². The van der Waals surface area contributed by atoms with E-state index in [4.69, 9.17) is 14.2 Å². The predicted molar refractivity (Wildman–Crippen MR) is 116 cm³/mol. The maximum absolute atomic E-state index is 12.7. The standard InChI is InChI=1S/C22H20N2O6S/c1-28-18-8-6-16(7-9-18)24-31(26,27)19-4-2-3-17(14-19)23-22(25)15-5-10-20-21(13-15)30-12-11-29-20/h2-10,13-14,24H,11-12H2,1H3,(H,23,25). The van der Waals surface area contributed by atoms with Crippen molar-refractivity contribution >= 4 is 27.3 Å². The fraction of sp³-hybridized carbons (Fsp3) is 0.136. The summed E-state index contributed by atoms with van der Waals surface area (Å²) in [5.74, 6) is 1.31. The number of hydrogen-bond donors (Lipinski definition) is 2. The Morgan fingerprint density at radius 3 is 2.39 bits per heavy atom. The van der Waals surface area contributed by atoms with Crippen molar-refractivity contribution in [1.82, 2.24) is 0 Å². The third-order valence-corrected chi connectivity index (χ3v) is 5.93. The fourth-order valence-corrected chi connectivity index (χ4v) is 4.11. The number of hydrogen-bond acceptors (Lipinski definition) is 6. The van der Waals surface area contributed by atoms with Crippen molar-refractivity contribution in [3.8, 4) is 17.2 Å². The molecule has 3 aromatic carbocycles. The van der Waals surface area contributed by atoms with Gasteiger partial charge in [0.1, 0.15) is 19.0 Å². The van der Waals surface area contributed by atoms with Gasteiger partial charge in [-0.15, -0.1) is 0 Å². The molecule has 2 N–H and O–H groups in total. The summed E-state index contributed by atoms with van der Waals surface area (Å²) < 4.78 is 44.0. The Hall–Kier alpha value is -3.72. The van der Waals surface area contributed by atoms with E-state index in [0.29, 0.717) is 47.4 Å². The molecule has 31 heavy (non-hydrogen) atoms. The van der Waals surface area contributed by atoms with Gasteiger partial charge in [-0.3, -0.25) is 9.52 Å². The first-order valence-electron chi connectivity index (χ1n) is 9.42. The molecule has 0 saturated heterocycles. The van der Waals surface area contributed by atoms with Gasteiger partial charge in [0.15, 0.2) is 11.5 Å². The molecule has 0 radical (unpaired) electrons. The van der Waals surface area contributed by atoms with Gasteiger partial charge in [-0.2, -0.15) is 0 Å². The van der Waals surface area contributed by atoms with Crippen molar-refractivity contribution in [3.63, 3.8) is 0 Å². The predicted octanol–water partition coefficient (Wildman–Crippen LogP) is 3.52. The molecule has 1 amide bonds. The van der Waals surface area contributed by atoms with Crippen molar-refractivity contribution in [2.45, 2.75) is 4.90 Å². The number of methoxy groups -OCH3 is 1. The van der Waals surface area contributed by atoms with E-state index >= 15 is 0 Å². The summed E-state index contributed by atoms with van der Waals surface area (Å²) in [7, 11) is -2.31. The molecule has 0 spiro atoms. The van der Waals surface area contributed by atoms with E-state index in [1.165, 1.54) is 19.2 Å². The van der Waals surface area contributed by atoms with Crippen molar-refractivity contribution < 1.29 is 27.4 Å². The van der Waals surface area contributed by atoms with Crippen molar-refractivity contribution in [1.29, 1.82) is 0 Å². The number of anilines is 2. The van der Waals surface area contributed by atoms with Crippen LogP contribution in [-0.2, 0) is 10.0 Å². The lowest BCUT2D eigenvalue weighted by Crippen LogP contribution is -2.17. The second-order valence-corrected chi connectivity index (χ2v) is 8.36. The Bertz CT molecular complexity index is 1210. The highest BCUT2D eigenvalue weighted by Gasteiger charge is 2.17. The number of ether oxygens (including phenoxy) is 3. The molecule has 0 aliphatic carbocycles. The van der Waals surface area contributed by atoms with Gasteiger partial charge >= 0.3 is 0 Å². The minimum atomic E-state index is -3.85. The lowest BCUT2D eigenvalue weighted by Gasteiger charge is -2.18. The van der Waals surface area contributed by atoms with E-state index < -0.39 is 15.9 Å². The van der Waals surface area contributed by atoms with Crippen LogP contribution in [0.25, 0.3) is 0 Å². The molecule has 0 bridgehead atoms. The van der Waals surface area contributed by atoms with E-state index in [-0.39, 0.29) is 4.90 Å². The summed E-state index contributed by atoms with van der Waals surface area (Å²) in [5.41, 5.74) is 1.11. The number of amides is 1. The van der Waals surface area contributed by atoms with Crippen LogP contribution in [0, 0.1) is 0 Å². The minimum Gasteiger partial charge on any atom is -0.497 e. The molecule has 8 nitrogen and oxygen atoms in total. The Labute approximate surface area is 179 Å². The molecule has 160 valence electrons.